The highest BCUT2D eigenvalue weighted by Gasteiger charge is 2.28. The maximum absolute atomic E-state index is 12.2. The molecule has 0 atom stereocenters. The van der Waals surface area contributed by atoms with Crippen LogP contribution in [0, 0.1) is 0 Å². The fraction of sp³-hybridized carbons (Fsp3) is 0.176. The predicted octanol–water partition coefficient (Wildman–Crippen LogP) is 3.76. The molecule has 0 fully saturated rings. The fourth-order valence-corrected chi connectivity index (χ4v) is 2.34. The van der Waals surface area contributed by atoms with Crippen LogP contribution < -0.4 is 15.4 Å². The quantitative estimate of drug-likeness (QED) is 0.732. The Bertz CT molecular complexity index is 797. The molecule has 9 heteroatoms. The molecule has 0 radical (unpaired) electrons. The predicted molar refractivity (Wildman–Crippen MR) is 93.1 cm³/mol. The van der Waals surface area contributed by atoms with E-state index in [4.69, 9.17) is 4.74 Å². The molecular formula is C17H14BrF3N2O3. The van der Waals surface area contributed by atoms with Gasteiger partial charge in [0.05, 0.1) is 11.3 Å². The monoisotopic (exact) mass is 430 g/mol. The molecule has 0 aliphatic rings. The number of nitrogens with one attached hydrogen (secondary N) is 2. The van der Waals surface area contributed by atoms with Crippen LogP contribution in [-0.4, -0.2) is 31.1 Å². The van der Waals surface area contributed by atoms with Crippen LogP contribution in [0.4, 0.5) is 18.9 Å². The molecule has 0 aliphatic carbocycles. The molecule has 0 aliphatic heterocycles. The molecule has 138 valence electrons. The number of anilines is 1. The fourth-order valence-electron chi connectivity index (χ4n) is 1.96. The molecular weight excluding hydrogens is 417 g/mol. The van der Waals surface area contributed by atoms with Crippen LogP contribution in [0.25, 0.3) is 0 Å². The molecule has 0 unspecified atom stereocenters. The lowest BCUT2D eigenvalue weighted by atomic mass is 10.1. The van der Waals surface area contributed by atoms with Crippen LogP contribution in [0.2, 0.25) is 0 Å². The van der Waals surface area contributed by atoms with E-state index in [2.05, 4.69) is 21.2 Å². The Morgan fingerprint density at radius 3 is 2.50 bits per heavy atom. The van der Waals surface area contributed by atoms with E-state index in [0.717, 1.165) is 4.47 Å². The number of benzene rings is 2. The second kappa shape index (κ2) is 8.70. The Morgan fingerprint density at radius 1 is 1.08 bits per heavy atom. The summed E-state index contributed by atoms with van der Waals surface area (Å²) in [7, 11) is 0. The lowest BCUT2D eigenvalue weighted by molar-refractivity contribution is -0.123. The molecule has 2 amide bonds. The van der Waals surface area contributed by atoms with Gasteiger partial charge in [0, 0.05) is 4.47 Å². The molecule has 5 nitrogen and oxygen atoms in total. The number of carbonyl (C=O) groups is 2. The molecule has 2 aromatic rings. The summed E-state index contributed by atoms with van der Waals surface area (Å²) in [5.41, 5.74) is 0.0163. The highest BCUT2D eigenvalue weighted by Crippen LogP contribution is 2.19. The number of amides is 2. The van der Waals surface area contributed by atoms with Gasteiger partial charge in [-0.15, -0.1) is 0 Å². The van der Waals surface area contributed by atoms with Gasteiger partial charge in [-0.1, -0.05) is 34.1 Å². The van der Waals surface area contributed by atoms with E-state index in [9.17, 15) is 22.8 Å². The zero-order valence-electron chi connectivity index (χ0n) is 13.3. The van der Waals surface area contributed by atoms with Gasteiger partial charge in [0.2, 0.25) is 0 Å². The van der Waals surface area contributed by atoms with E-state index in [1.807, 2.05) is 0 Å². The molecule has 0 aromatic heterocycles. The van der Waals surface area contributed by atoms with Crippen molar-refractivity contribution in [1.82, 2.24) is 5.32 Å². The molecule has 2 aromatic carbocycles. The number of hydrogen-bond acceptors (Lipinski definition) is 3. The Morgan fingerprint density at radius 2 is 1.81 bits per heavy atom. The third-order valence-electron chi connectivity index (χ3n) is 3.06. The van der Waals surface area contributed by atoms with Gasteiger partial charge in [-0.2, -0.15) is 13.2 Å². The molecule has 26 heavy (non-hydrogen) atoms. The highest BCUT2D eigenvalue weighted by molar-refractivity contribution is 9.10. The first-order valence-corrected chi connectivity index (χ1v) is 8.16. The van der Waals surface area contributed by atoms with Crippen molar-refractivity contribution in [3.63, 3.8) is 0 Å². The van der Waals surface area contributed by atoms with Gasteiger partial charge in [-0.3, -0.25) is 9.59 Å². The van der Waals surface area contributed by atoms with Crippen LogP contribution in [0.5, 0.6) is 5.75 Å². The molecule has 0 heterocycles. The molecule has 0 saturated carbocycles. The van der Waals surface area contributed by atoms with E-state index in [0.29, 0.717) is 5.75 Å². The van der Waals surface area contributed by atoms with E-state index in [1.54, 1.807) is 35.6 Å². The number of rotatable bonds is 6. The third-order valence-corrected chi connectivity index (χ3v) is 3.55. The summed E-state index contributed by atoms with van der Waals surface area (Å²) in [4.78, 5) is 23.9. The second-order valence-electron chi connectivity index (χ2n) is 5.14. The van der Waals surface area contributed by atoms with E-state index < -0.39 is 24.5 Å². The number of carbonyl (C=O) groups excluding carboxylic acids is 2. The van der Waals surface area contributed by atoms with Crippen LogP contribution in [0.15, 0.2) is 53.0 Å². The minimum atomic E-state index is -4.52. The largest absolute Gasteiger partial charge is 0.484 e. The number of ether oxygens (including phenoxy) is 1. The molecule has 2 rings (SSSR count). The van der Waals surface area contributed by atoms with Gasteiger partial charge in [-0.05, 0) is 30.3 Å². The van der Waals surface area contributed by atoms with Crippen LogP contribution >= 0.6 is 15.9 Å². The number of hydrogen-bond donors (Lipinski definition) is 2. The first-order chi connectivity index (χ1) is 12.2. The number of halogens is 4. The van der Waals surface area contributed by atoms with Crippen LogP contribution in [0.1, 0.15) is 10.4 Å². The first-order valence-electron chi connectivity index (χ1n) is 7.37. The minimum Gasteiger partial charge on any atom is -0.484 e. The molecule has 0 saturated heterocycles. The van der Waals surface area contributed by atoms with Crippen LogP contribution in [0.3, 0.4) is 0 Å². The van der Waals surface area contributed by atoms with Gasteiger partial charge in [-0.25, -0.2) is 0 Å². The van der Waals surface area contributed by atoms with Crippen molar-refractivity contribution in [3.8, 4) is 5.75 Å². The maximum atomic E-state index is 12.2. The molecule has 0 bridgehead atoms. The summed E-state index contributed by atoms with van der Waals surface area (Å²) < 4.78 is 42.8. The van der Waals surface area contributed by atoms with Crippen molar-refractivity contribution in [3.05, 3.63) is 58.6 Å². The summed E-state index contributed by atoms with van der Waals surface area (Å²) in [6.45, 7) is -1.78. The van der Waals surface area contributed by atoms with Crippen molar-refractivity contribution in [2.45, 2.75) is 6.18 Å². The summed E-state index contributed by atoms with van der Waals surface area (Å²) in [6, 6.07) is 12.6. The standard InChI is InChI=1S/C17H14BrF3N2O3/c18-11-4-3-5-12(8-11)26-9-15(24)23-14-7-2-1-6-13(14)16(25)22-10-17(19,20)21/h1-8H,9-10H2,(H,22,25)(H,23,24). The Balaban J connectivity index is 1.98. The normalized spacial score (nSPS) is 10.9. The molecule has 2 N–H and O–H groups in total. The maximum Gasteiger partial charge on any atom is 0.405 e. The van der Waals surface area contributed by atoms with Crippen molar-refractivity contribution >= 4 is 33.4 Å². The summed E-state index contributed by atoms with van der Waals surface area (Å²) in [6.07, 6.45) is -4.52. The third kappa shape index (κ3) is 6.40. The van der Waals surface area contributed by atoms with Crippen molar-refractivity contribution in [1.29, 1.82) is 0 Å². The zero-order valence-corrected chi connectivity index (χ0v) is 14.9. The Hall–Kier alpha value is -2.55. The number of alkyl halides is 3. The average molecular weight is 431 g/mol. The lowest BCUT2D eigenvalue weighted by Crippen LogP contribution is -2.34. The summed E-state index contributed by atoms with van der Waals surface area (Å²) >= 11 is 3.27. The average Bonchev–Trinajstić information content (AvgIpc) is 2.58. The SMILES string of the molecule is O=C(COc1cccc(Br)c1)Nc1ccccc1C(=O)NCC(F)(F)F. The smallest absolute Gasteiger partial charge is 0.405 e. The lowest BCUT2D eigenvalue weighted by Gasteiger charge is -2.13. The Labute approximate surface area is 155 Å². The summed E-state index contributed by atoms with van der Waals surface area (Å²) in [5.74, 6) is -1.03. The highest BCUT2D eigenvalue weighted by atomic mass is 79.9. The van der Waals surface area contributed by atoms with Crippen molar-refractivity contribution in [2.24, 2.45) is 0 Å². The van der Waals surface area contributed by atoms with Gasteiger partial charge in [0.25, 0.3) is 11.8 Å². The topological polar surface area (TPSA) is 67.4 Å². The van der Waals surface area contributed by atoms with Crippen molar-refractivity contribution < 1.29 is 27.5 Å². The van der Waals surface area contributed by atoms with E-state index in [-0.39, 0.29) is 17.9 Å². The van der Waals surface area contributed by atoms with Gasteiger partial charge in [0.1, 0.15) is 12.3 Å². The van der Waals surface area contributed by atoms with Gasteiger partial charge in [0.15, 0.2) is 6.61 Å². The van der Waals surface area contributed by atoms with Gasteiger partial charge >= 0.3 is 6.18 Å². The van der Waals surface area contributed by atoms with Crippen LogP contribution in [-0.2, 0) is 4.79 Å². The van der Waals surface area contributed by atoms with E-state index >= 15 is 0 Å². The van der Waals surface area contributed by atoms with Crippen molar-refractivity contribution in [2.75, 3.05) is 18.5 Å². The minimum absolute atomic E-state index is 0.0763. The first kappa shape index (κ1) is 19.8. The Kier molecular flexibility index (Phi) is 6.62. The summed E-state index contributed by atoms with van der Waals surface area (Å²) in [5, 5.41) is 4.22. The number of para-hydroxylation sites is 1. The van der Waals surface area contributed by atoms with Gasteiger partial charge < -0.3 is 15.4 Å². The van der Waals surface area contributed by atoms with E-state index in [1.165, 1.54) is 18.2 Å². The zero-order chi connectivity index (χ0) is 19.2. The molecule has 0 spiro atoms. The second-order valence-corrected chi connectivity index (χ2v) is 6.05.